The zero-order chi connectivity index (χ0) is 27.5. The summed E-state index contributed by atoms with van der Waals surface area (Å²) >= 11 is 0. The molecule has 11 nitrogen and oxygen atoms in total. The Morgan fingerprint density at radius 2 is 1.86 bits per heavy atom. The van der Waals surface area contributed by atoms with Crippen LogP contribution in [0.25, 0.3) is 22.5 Å². The number of benzene rings is 1. The quantitative estimate of drug-likeness (QED) is 0.449. The van der Waals surface area contributed by atoms with Gasteiger partial charge >= 0.3 is 12.1 Å². The van der Waals surface area contributed by atoms with Gasteiger partial charge in [0.2, 0.25) is 15.9 Å². The van der Waals surface area contributed by atoms with Crippen LogP contribution in [0.5, 0.6) is 0 Å². The van der Waals surface area contributed by atoms with Crippen LogP contribution in [0.1, 0.15) is 11.3 Å². The van der Waals surface area contributed by atoms with Crippen LogP contribution in [0.3, 0.4) is 0 Å². The summed E-state index contributed by atoms with van der Waals surface area (Å²) in [5, 5.41) is 13.6. The van der Waals surface area contributed by atoms with E-state index in [2.05, 4.69) is 15.5 Å². The number of anilines is 1. The number of sulfonamides is 1. The lowest BCUT2D eigenvalue weighted by atomic mass is 10.00. The second kappa shape index (κ2) is 10.6. The third kappa shape index (κ3) is 6.42. The molecule has 1 aromatic carbocycles. The van der Waals surface area contributed by atoms with E-state index in [0.717, 1.165) is 5.56 Å². The molecule has 1 amide bonds. The van der Waals surface area contributed by atoms with Crippen molar-refractivity contribution in [1.82, 2.24) is 19.8 Å². The van der Waals surface area contributed by atoms with Gasteiger partial charge in [-0.2, -0.15) is 17.5 Å². The molecule has 1 saturated heterocycles. The van der Waals surface area contributed by atoms with Gasteiger partial charge in [0.05, 0.1) is 22.7 Å². The number of nitrogens with one attached hydrogen (secondary N) is 1. The van der Waals surface area contributed by atoms with Crippen molar-refractivity contribution in [2.75, 3.05) is 25.4 Å². The molecule has 0 saturated carbocycles. The first-order valence-electron chi connectivity index (χ1n) is 10.6. The van der Waals surface area contributed by atoms with E-state index in [-0.39, 0.29) is 29.7 Å². The summed E-state index contributed by atoms with van der Waals surface area (Å²) in [5.41, 5.74) is 9.57. The van der Waals surface area contributed by atoms with Crippen molar-refractivity contribution >= 4 is 27.7 Å². The Balaban J connectivity index is 0.000000479. The first-order chi connectivity index (χ1) is 17.2. The number of hydrogen-bond acceptors (Lipinski definition) is 8. The fourth-order valence-electron chi connectivity index (χ4n) is 3.35. The standard InChI is InChI=1S/C20H21N5O4S.C2HF3O2/c1-12-3-4-15(30(27,28)25-6-5-22-19(26)11-25)9-16(12)14-8-17(20(21)23-10-14)18-7-13(2)24-29-18;3-2(4,5)1(6)7/h3-4,7-10H,5-6,11H2,1-2H3,(H2,21,23)(H,22,26);(H,6,7). The molecule has 0 radical (unpaired) electrons. The average molecular weight is 542 g/mol. The van der Waals surface area contributed by atoms with Gasteiger partial charge < -0.3 is 20.7 Å². The molecule has 4 N–H and O–H groups in total. The number of halogens is 3. The number of aromatic nitrogens is 2. The Hall–Kier alpha value is -3.98. The summed E-state index contributed by atoms with van der Waals surface area (Å²) < 4.78 is 64.4. The topological polar surface area (TPSA) is 169 Å². The van der Waals surface area contributed by atoms with Crippen LogP contribution in [0.2, 0.25) is 0 Å². The number of aliphatic carboxylic acids is 1. The Morgan fingerprint density at radius 3 is 2.43 bits per heavy atom. The second-order valence-electron chi connectivity index (χ2n) is 7.96. The zero-order valence-corrected chi connectivity index (χ0v) is 20.4. The van der Waals surface area contributed by atoms with Crippen LogP contribution < -0.4 is 11.1 Å². The van der Waals surface area contributed by atoms with Crippen LogP contribution in [-0.2, 0) is 19.6 Å². The summed E-state index contributed by atoms with van der Waals surface area (Å²) in [7, 11) is -3.81. The molecule has 15 heteroatoms. The lowest BCUT2D eigenvalue weighted by molar-refractivity contribution is -0.192. The highest BCUT2D eigenvalue weighted by atomic mass is 32.2. The molecule has 3 heterocycles. The highest BCUT2D eigenvalue weighted by Crippen LogP contribution is 2.33. The van der Waals surface area contributed by atoms with Crippen LogP contribution >= 0.6 is 0 Å². The highest BCUT2D eigenvalue weighted by molar-refractivity contribution is 7.89. The lowest BCUT2D eigenvalue weighted by Gasteiger charge is -2.26. The normalized spacial score (nSPS) is 14.5. The molecule has 1 aliphatic heterocycles. The van der Waals surface area contributed by atoms with Gasteiger partial charge in [-0.25, -0.2) is 18.2 Å². The van der Waals surface area contributed by atoms with Gasteiger partial charge in [-0.05, 0) is 43.2 Å². The number of rotatable bonds is 4. The average Bonchev–Trinajstić information content (AvgIpc) is 3.25. The number of pyridine rings is 1. The van der Waals surface area contributed by atoms with E-state index in [1.165, 1.54) is 4.31 Å². The number of carboxylic acids is 1. The lowest BCUT2D eigenvalue weighted by Crippen LogP contribution is -2.49. The van der Waals surface area contributed by atoms with Crippen LogP contribution in [-0.4, -0.2) is 65.7 Å². The molecule has 0 spiro atoms. The summed E-state index contributed by atoms with van der Waals surface area (Å²) in [6.07, 6.45) is -3.49. The summed E-state index contributed by atoms with van der Waals surface area (Å²) in [6.45, 7) is 4.02. The third-order valence-electron chi connectivity index (χ3n) is 5.22. The van der Waals surface area contributed by atoms with E-state index < -0.39 is 22.2 Å². The van der Waals surface area contributed by atoms with E-state index in [4.69, 9.17) is 20.2 Å². The number of nitrogens with zero attached hydrogens (tertiary/aromatic N) is 3. The molecule has 0 atom stereocenters. The predicted molar refractivity (Wildman–Crippen MR) is 125 cm³/mol. The Labute approximate surface area is 209 Å². The van der Waals surface area contributed by atoms with Crippen molar-refractivity contribution in [3.05, 3.63) is 47.8 Å². The molecule has 0 aliphatic carbocycles. The summed E-state index contributed by atoms with van der Waals surface area (Å²) in [4.78, 5) is 24.9. The molecule has 4 rings (SSSR count). The van der Waals surface area contributed by atoms with E-state index in [1.54, 1.807) is 43.5 Å². The van der Waals surface area contributed by atoms with Crippen molar-refractivity contribution in [3.8, 4) is 22.5 Å². The number of piperazine rings is 1. The number of alkyl halides is 3. The fourth-order valence-corrected chi connectivity index (χ4v) is 4.78. The molecule has 0 bridgehead atoms. The van der Waals surface area contributed by atoms with Gasteiger partial charge in [0.25, 0.3) is 0 Å². The number of carboxylic acid groups (broad SMARTS) is 1. The molecule has 198 valence electrons. The van der Waals surface area contributed by atoms with Gasteiger partial charge in [-0.3, -0.25) is 4.79 Å². The largest absolute Gasteiger partial charge is 0.490 e. The molecule has 2 aromatic heterocycles. The molecule has 37 heavy (non-hydrogen) atoms. The first-order valence-corrected chi connectivity index (χ1v) is 12.0. The van der Waals surface area contributed by atoms with Crippen LogP contribution in [0.15, 0.2) is 45.9 Å². The Kier molecular flexibility index (Phi) is 7.88. The van der Waals surface area contributed by atoms with Gasteiger partial charge in [0.1, 0.15) is 5.82 Å². The van der Waals surface area contributed by atoms with Crippen molar-refractivity contribution in [3.63, 3.8) is 0 Å². The van der Waals surface area contributed by atoms with Crippen LogP contribution in [0.4, 0.5) is 19.0 Å². The zero-order valence-electron chi connectivity index (χ0n) is 19.5. The van der Waals surface area contributed by atoms with Crippen molar-refractivity contribution in [1.29, 1.82) is 0 Å². The van der Waals surface area contributed by atoms with Gasteiger partial charge in [0, 0.05) is 30.9 Å². The molecule has 1 fully saturated rings. The molecule has 3 aromatic rings. The van der Waals surface area contributed by atoms with Gasteiger partial charge in [0.15, 0.2) is 5.76 Å². The highest BCUT2D eigenvalue weighted by Gasteiger charge is 2.38. The second-order valence-corrected chi connectivity index (χ2v) is 9.90. The smallest absolute Gasteiger partial charge is 0.475 e. The summed E-state index contributed by atoms with van der Waals surface area (Å²) in [6, 6.07) is 8.44. The number of nitrogens with two attached hydrogens (primary N) is 1. The van der Waals surface area contributed by atoms with Gasteiger partial charge in [-0.15, -0.1) is 0 Å². The molecule has 1 aliphatic rings. The minimum absolute atomic E-state index is 0.117. The van der Waals surface area contributed by atoms with E-state index in [9.17, 15) is 26.4 Å². The van der Waals surface area contributed by atoms with Crippen molar-refractivity contribution in [2.24, 2.45) is 0 Å². The summed E-state index contributed by atoms with van der Waals surface area (Å²) in [5.74, 6) is -2.30. The SMILES string of the molecule is Cc1cc(-c2cc(-c3cc(S(=O)(=O)N4CCNC(=O)C4)ccc3C)cnc2N)on1.O=C(O)C(F)(F)F. The van der Waals surface area contributed by atoms with Crippen LogP contribution in [0, 0.1) is 13.8 Å². The maximum absolute atomic E-state index is 13.1. The number of hydrogen-bond donors (Lipinski definition) is 3. The molecular formula is C22H22F3N5O6S. The van der Waals surface area contributed by atoms with Crippen molar-refractivity contribution < 1.29 is 40.8 Å². The number of aryl methyl sites for hydroxylation is 2. The molecule has 0 unspecified atom stereocenters. The van der Waals surface area contributed by atoms with Crippen molar-refractivity contribution in [2.45, 2.75) is 24.9 Å². The number of carbonyl (C=O) groups excluding carboxylic acids is 1. The minimum atomic E-state index is -5.08. The maximum atomic E-state index is 13.1. The third-order valence-corrected chi connectivity index (χ3v) is 7.06. The number of carbonyl (C=O) groups is 2. The minimum Gasteiger partial charge on any atom is -0.475 e. The maximum Gasteiger partial charge on any atom is 0.490 e. The molecular weight excluding hydrogens is 519 g/mol. The van der Waals surface area contributed by atoms with Gasteiger partial charge in [-0.1, -0.05) is 11.2 Å². The predicted octanol–water partition coefficient (Wildman–Crippen LogP) is 2.36. The first kappa shape index (κ1) is 27.6. The Bertz CT molecular complexity index is 1440. The van der Waals surface area contributed by atoms with E-state index >= 15 is 0 Å². The van der Waals surface area contributed by atoms with E-state index in [1.807, 2.05) is 6.92 Å². The van der Waals surface area contributed by atoms with E-state index in [0.29, 0.717) is 34.7 Å². The number of amides is 1. The monoisotopic (exact) mass is 541 g/mol. The number of nitrogen functional groups attached to an aromatic ring is 1. The fraction of sp³-hybridized carbons (Fsp3) is 0.273. The Morgan fingerprint density at radius 1 is 1.19 bits per heavy atom.